The number of fused-ring (bicyclic) bond motifs is 1. The Morgan fingerprint density at radius 1 is 1.21 bits per heavy atom. The molecule has 2 heterocycles. The summed E-state index contributed by atoms with van der Waals surface area (Å²) in [6.45, 7) is 5.70. The summed E-state index contributed by atoms with van der Waals surface area (Å²) in [5, 5.41) is 6.30. The minimum absolute atomic E-state index is 0.211. The SMILES string of the molecule is CC(C)(C)OC(=O)N[C@H]1CCCC[C@@H]1N1Cc2ccc(-c3noc(C(F)(F)F)n3)cc2C1=O. The quantitative estimate of drug-likeness (QED) is 0.713. The second-order valence-electron chi connectivity index (χ2n) is 9.33. The highest BCUT2D eigenvalue weighted by molar-refractivity contribution is 5.99. The number of hydrogen-bond donors (Lipinski definition) is 1. The summed E-state index contributed by atoms with van der Waals surface area (Å²) in [6.07, 6.45) is -1.97. The number of carbonyl (C=O) groups excluding carboxylic acids is 2. The van der Waals surface area contributed by atoms with E-state index in [2.05, 4.69) is 20.0 Å². The molecular formula is C22H25F3N4O4. The minimum Gasteiger partial charge on any atom is -0.444 e. The number of aromatic nitrogens is 2. The summed E-state index contributed by atoms with van der Waals surface area (Å²) in [6, 6.07) is 4.28. The van der Waals surface area contributed by atoms with Crippen LogP contribution < -0.4 is 5.32 Å². The zero-order valence-electron chi connectivity index (χ0n) is 18.5. The Morgan fingerprint density at radius 3 is 2.61 bits per heavy atom. The van der Waals surface area contributed by atoms with Crippen molar-refractivity contribution in [3.8, 4) is 11.4 Å². The van der Waals surface area contributed by atoms with Crippen LogP contribution in [-0.4, -0.2) is 44.7 Å². The highest BCUT2D eigenvalue weighted by atomic mass is 19.4. The van der Waals surface area contributed by atoms with Gasteiger partial charge in [0.25, 0.3) is 5.91 Å². The maximum atomic E-state index is 13.2. The lowest BCUT2D eigenvalue weighted by atomic mass is 9.89. The zero-order valence-corrected chi connectivity index (χ0v) is 18.5. The molecule has 1 aromatic carbocycles. The van der Waals surface area contributed by atoms with Gasteiger partial charge in [-0.25, -0.2) is 4.79 Å². The summed E-state index contributed by atoms with van der Waals surface area (Å²) in [7, 11) is 0. The van der Waals surface area contributed by atoms with Gasteiger partial charge >= 0.3 is 18.2 Å². The standard InChI is InChI=1S/C22H25F3N4O4/c1-21(2,3)32-20(31)26-15-6-4-5-7-16(15)29-11-13-9-8-12(10-14(13)18(29)30)17-27-19(33-28-17)22(23,24)25/h8-10,15-16H,4-7,11H2,1-3H3,(H,26,31)/t15-,16-/m0/s1. The van der Waals surface area contributed by atoms with Crippen LogP contribution in [0.15, 0.2) is 22.7 Å². The van der Waals surface area contributed by atoms with Crippen molar-refractivity contribution >= 4 is 12.0 Å². The first-order valence-corrected chi connectivity index (χ1v) is 10.8. The molecule has 1 N–H and O–H groups in total. The number of ether oxygens (including phenoxy) is 1. The molecule has 8 nitrogen and oxygen atoms in total. The molecule has 2 atom stereocenters. The second kappa shape index (κ2) is 8.35. The first-order chi connectivity index (χ1) is 15.4. The van der Waals surface area contributed by atoms with Gasteiger partial charge < -0.3 is 19.5 Å². The lowest BCUT2D eigenvalue weighted by molar-refractivity contribution is -0.159. The fraction of sp³-hybridized carbons (Fsp3) is 0.545. The maximum absolute atomic E-state index is 13.2. The Kier molecular flexibility index (Phi) is 5.83. The number of amides is 2. The molecule has 1 aromatic heterocycles. The van der Waals surface area contributed by atoms with Gasteiger partial charge in [0, 0.05) is 17.7 Å². The van der Waals surface area contributed by atoms with Crippen LogP contribution in [0.1, 0.15) is 68.3 Å². The van der Waals surface area contributed by atoms with Crippen LogP contribution in [0.25, 0.3) is 11.4 Å². The summed E-state index contributed by atoms with van der Waals surface area (Å²) in [5.74, 6) is -1.92. The van der Waals surface area contributed by atoms with Gasteiger partial charge in [0.15, 0.2) is 0 Å². The van der Waals surface area contributed by atoms with Crippen LogP contribution in [0.2, 0.25) is 0 Å². The van der Waals surface area contributed by atoms with E-state index in [0.29, 0.717) is 12.1 Å². The van der Waals surface area contributed by atoms with Crippen LogP contribution in [0, 0.1) is 0 Å². The molecular weight excluding hydrogens is 441 g/mol. The average Bonchev–Trinajstić information content (AvgIpc) is 3.32. The molecule has 2 aromatic rings. The molecule has 0 saturated heterocycles. The van der Waals surface area contributed by atoms with Gasteiger partial charge in [0.05, 0.1) is 12.1 Å². The van der Waals surface area contributed by atoms with Crippen molar-refractivity contribution < 1.29 is 32.0 Å². The van der Waals surface area contributed by atoms with E-state index in [0.717, 1.165) is 31.2 Å². The molecule has 1 aliphatic heterocycles. The van der Waals surface area contributed by atoms with Gasteiger partial charge in [-0.2, -0.15) is 18.2 Å². The second-order valence-corrected chi connectivity index (χ2v) is 9.33. The molecule has 2 aliphatic rings. The number of hydrogen-bond acceptors (Lipinski definition) is 6. The molecule has 1 fully saturated rings. The predicted octanol–water partition coefficient (Wildman–Crippen LogP) is 4.55. The Labute approximate surface area is 188 Å². The number of nitrogens with one attached hydrogen (secondary N) is 1. The third kappa shape index (κ3) is 4.96. The van der Waals surface area contributed by atoms with Crippen molar-refractivity contribution in [3.05, 3.63) is 35.2 Å². The molecule has 0 bridgehead atoms. The molecule has 178 valence electrons. The Hall–Kier alpha value is -3.11. The number of carbonyl (C=O) groups is 2. The summed E-state index contributed by atoms with van der Waals surface area (Å²) >= 11 is 0. The van der Waals surface area contributed by atoms with E-state index in [-0.39, 0.29) is 29.4 Å². The molecule has 0 unspecified atom stereocenters. The Morgan fingerprint density at radius 2 is 1.94 bits per heavy atom. The highest BCUT2D eigenvalue weighted by Crippen LogP contribution is 2.34. The predicted molar refractivity (Wildman–Crippen MR) is 110 cm³/mol. The molecule has 33 heavy (non-hydrogen) atoms. The summed E-state index contributed by atoms with van der Waals surface area (Å²) in [4.78, 5) is 30.7. The van der Waals surface area contributed by atoms with E-state index in [4.69, 9.17) is 4.74 Å². The molecule has 0 radical (unpaired) electrons. The van der Waals surface area contributed by atoms with E-state index < -0.39 is 23.8 Å². The maximum Gasteiger partial charge on any atom is 0.471 e. The Balaban J connectivity index is 1.53. The number of benzene rings is 1. The topological polar surface area (TPSA) is 97.6 Å². The van der Waals surface area contributed by atoms with Crippen molar-refractivity contribution in [1.29, 1.82) is 0 Å². The third-order valence-electron chi connectivity index (χ3n) is 5.70. The highest BCUT2D eigenvalue weighted by Gasteiger charge is 2.40. The summed E-state index contributed by atoms with van der Waals surface area (Å²) in [5.41, 5.74) is 0.762. The first-order valence-electron chi connectivity index (χ1n) is 10.8. The number of alkyl carbamates (subject to hydrolysis) is 1. The van der Waals surface area contributed by atoms with Gasteiger partial charge in [-0.15, -0.1) is 0 Å². The lowest BCUT2D eigenvalue weighted by Crippen LogP contribution is -2.54. The average molecular weight is 466 g/mol. The van der Waals surface area contributed by atoms with Gasteiger partial charge in [0.1, 0.15) is 5.60 Å². The molecule has 4 rings (SSSR count). The normalized spacial score (nSPS) is 21.2. The van der Waals surface area contributed by atoms with E-state index >= 15 is 0 Å². The van der Waals surface area contributed by atoms with Crippen LogP contribution in [0.5, 0.6) is 0 Å². The van der Waals surface area contributed by atoms with E-state index in [9.17, 15) is 22.8 Å². The van der Waals surface area contributed by atoms with Crippen LogP contribution >= 0.6 is 0 Å². The number of nitrogens with zero attached hydrogens (tertiary/aromatic N) is 3. The number of rotatable bonds is 3. The largest absolute Gasteiger partial charge is 0.471 e. The third-order valence-corrected chi connectivity index (χ3v) is 5.70. The van der Waals surface area contributed by atoms with Crippen molar-refractivity contribution in [2.75, 3.05) is 0 Å². The fourth-order valence-electron chi connectivity index (χ4n) is 4.30. The van der Waals surface area contributed by atoms with Crippen LogP contribution in [0.4, 0.5) is 18.0 Å². The lowest BCUT2D eigenvalue weighted by Gasteiger charge is -2.38. The molecule has 1 aliphatic carbocycles. The van der Waals surface area contributed by atoms with Crippen molar-refractivity contribution in [2.45, 2.75) is 76.9 Å². The van der Waals surface area contributed by atoms with Crippen molar-refractivity contribution in [1.82, 2.24) is 20.4 Å². The summed E-state index contributed by atoms with van der Waals surface area (Å²) < 4.78 is 48.0. The van der Waals surface area contributed by atoms with E-state index in [1.54, 1.807) is 37.8 Å². The van der Waals surface area contributed by atoms with Crippen LogP contribution in [0.3, 0.4) is 0 Å². The zero-order chi connectivity index (χ0) is 24.0. The van der Waals surface area contributed by atoms with E-state index in [1.165, 1.54) is 6.07 Å². The van der Waals surface area contributed by atoms with Crippen molar-refractivity contribution in [3.63, 3.8) is 0 Å². The van der Waals surface area contributed by atoms with Gasteiger partial charge in [-0.3, -0.25) is 4.79 Å². The Bertz CT molecular complexity index is 1060. The molecule has 0 spiro atoms. The first kappa shape index (κ1) is 23.1. The van der Waals surface area contributed by atoms with Crippen LogP contribution in [-0.2, 0) is 17.5 Å². The number of halogens is 3. The van der Waals surface area contributed by atoms with E-state index in [1.807, 2.05) is 0 Å². The monoisotopic (exact) mass is 466 g/mol. The molecule has 2 amide bonds. The molecule has 1 saturated carbocycles. The van der Waals surface area contributed by atoms with Gasteiger partial charge in [-0.05, 0) is 45.2 Å². The number of alkyl halides is 3. The van der Waals surface area contributed by atoms with Gasteiger partial charge in [0.2, 0.25) is 5.82 Å². The fourth-order valence-corrected chi connectivity index (χ4v) is 4.30. The smallest absolute Gasteiger partial charge is 0.444 e. The van der Waals surface area contributed by atoms with Crippen molar-refractivity contribution in [2.24, 2.45) is 0 Å². The van der Waals surface area contributed by atoms with Gasteiger partial charge in [-0.1, -0.05) is 30.1 Å². The minimum atomic E-state index is -4.74. The molecule has 11 heteroatoms.